The summed E-state index contributed by atoms with van der Waals surface area (Å²) in [5.74, 6) is 0.882. The van der Waals surface area contributed by atoms with Gasteiger partial charge in [0.05, 0.1) is 7.11 Å². The third-order valence-electron chi connectivity index (χ3n) is 3.25. The molecule has 0 saturated carbocycles. The number of thiophene rings is 1. The Balaban J connectivity index is 2.30. The second kappa shape index (κ2) is 5.46. The van der Waals surface area contributed by atoms with Gasteiger partial charge in [0.15, 0.2) is 5.75 Å². The predicted octanol–water partition coefficient (Wildman–Crippen LogP) is 1.42. The summed E-state index contributed by atoms with van der Waals surface area (Å²) in [5, 5.41) is 19.2. The highest BCUT2D eigenvalue weighted by Crippen LogP contribution is 2.45. The molecule has 1 fully saturated rings. The van der Waals surface area contributed by atoms with Gasteiger partial charge in [-0.1, -0.05) is 0 Å². The van der Waals surface area contributed by atoms with Gasteiger partial charge < -0.3 is 20.5 Å². The highest BCUT2D eigenvalue weighted by molar-refractivity contribution is 7.17. The fourth-order valence-corrected chi connectivity index (χ4v) is 3.33. The molecule has 3 N–H and O–H groups in total. The number of anilines is 2. The van der Waals surface area contributed by atoms with E-state index in [4.69, 9.17) is 15.7 Å². The van der Waals surface area contributed by atoms with E-state index in [0.29, 0.717) is 16.3 Å². The first kappa shape index (κ1) is 13.0. The Hall–Kier alpha value is -1.45. The van der Waals surface area contributed by atoms with Gasteiger partial charge in [0.1, 0.15) is 21.6 Å². The summed E-state index contributed by atoms with van der Waals surface area (Å²) in [6, 6.07) is 2.09. The Morgan fingerprint density at radius 3 is 3.06 bits per heavy atom. The highest BCUT2D eigenvalue weighted by Gasteiger charge is 2.26. The van der Waals surface area contributed by atoms with Crippen molar-refractivity contribution in [2.45, 2.75) is 12.8 Å². The number of nitrogen functional groups attached to an aromatic ring is 1. The van der Waals surface area contributed by atoms with Crippen molar-refractivity contribution in [1.29, 1.82) is 5.26 Å². The van der Waals surface area contributed by atoms with Crippen molar-refractivity contribution >= 4 is 22.0 Å². The van der Waals surface area contributed by atoms with Crippen LogP contribution in [-0.2, 0) is 0 Å². The monoisotopic (exact) mass is 267 g/mol. The van der Waals surface area contributed by atoms with E-state index in [1.54, 1.807) is 7.11 Å². The van der Waals surface area contributed by atoms with Crippen LogP contribution >= 0.6 is 11.3 Å². The molecule has 0 aromatic carbocycles. The van der Waals surface area contributed by atoms with Crippen LogP contribution in [0.4, 0.5) is 10.7 Å². The van der Waals surface area contributed by atoms with E-state index in [-0.39, 0.29) is 12.5 Å². The second-order valence-corrected chi connectivity index (χ2v) is 5.43. The van der Waals surface area contributed by atoms with E-state index in [1.165, 1.54) is 11.3 Å². The summed E-state index contributed by atoms with van der Waals surface area (Å²) in [5.41, 5.74) is 6.31. The molecule has 0 spiro atoms. The number of nitrogens with two attached hydrogens (primary N) is 1. The maximum atomic E-state index is 9.26. The van der Waals surface area contributed by atoms with Gasteiger partial charge in [-0.05, 0) is 18.8 Å². The van der Waals surface area contributed by atoms with Gasteiger partial charge in [0.2, 0.25) is 0 Å². The first-order chi connectivity index (χ1) is 8.71. The van der Waals surface area contributed by atoms with Gasteiger partial charge in [-0.25, -0.2) is 0 Å². The van der Waals surface area contributed by atoms with Crippen LogP contribution in [-0.4, -0.2) is 31.9 Å². The van der Waals surface area contributed by atoms with Crippen LogP contribution in [0.5, 0.6) is 5.75 Å². The van der Waals surface area contributed by atoms with Crippen LogP contribution in [0.25, 0.3) is 0 Å². The molecule has 1 unspecified atom stereocenters. The molecule has 1 saturated heterocycles. The van der Waals surface area contributed by atoms with Crippen molar-refractivity contribution in [1.82, 2.24) is 0 Å². The molecule has 18 heavy (non-hydrogen) atoms. The molecule has 0 bridgehead atoms. The Labute approximate surface area is 110 Å². The number of piperidine rings is 1. The summed E-state index contributed by atoms with van der Waals surface area (Å²) in [4.78, 5) is 2.65. The zero-order chi connectivity index (χ0) is 13.1. The number of nitriles is 1. The van der Waals surface area contributed by atoms with Gasteiger partial charge in [-0.3, -0.25) is 0 Å². The molecule has 5 nitrogen and oxygen atoms in total. The van der Waals surface area contributed by atoms with Gasteiger partial charge >= 0.3 is 0 Å². The normalized spacial score (nSPS) is 19.6. The molecule has 1 atom stereocenters. The Morgan fingerprint density at radius 2 is 2.44 bits per heavy atom. The number of aliphatic hydroxyl groups is 1. The molecule has 0 aliphatic carbocycles. The van der Waals surface area contributed by atoms with Crippen molar-refractivity contribution < 1.29 is 9.84 Å². The van der Waals surface area contributed by atoms with Crippen LogP contribution in [0, 0.1) is 17.2 Å². The number of nitrogens with zero attached hydrogens (tertiary/aromatic N) is 2. The molecule has 0 radical (unpaired) electrons. The summed E-state index contributed by atoms with van der Waals surface area (Å²) >= 11 is 1.36. The molecule has 6 heteroatoms. The molecule has 0 amide bonds. The van der Waals surface area contributed by atoms with Crippen LogP contribution in [0.3, 0.4) is 0 Å². The van der Waals surface area contributed by atoms with E-state index in [1.807, 2.05) is 0 Å². The number of hydrogen-bond acceptors (Lipinski definition) is 6. The molecule has 1 aromatic heterocycles. The highest BCUT2D eigenvalue weighted by atomic mass is 32.1. The Morgan fingerprint density at radius 1 is 1.67 bits per heavy atom. The van der Waals surface area contributed by atoms with Crippen molar-refractivity contribution in [3.63, 3.8) is 0 Å². The van der Waals surface area contributed by atoms with E-state index in [2.05, 4.69) is 11.0 Å². The first-order valence-corrected chi connectivity index (χ1v) is 6.75. The van der Waals surface area contributed by atoms with Gasteiger partial charge in [-0.15, -0.1) is 11.3 Å². The fourth-order valence-electron chi connectivity index (χ4n) is 2.30. The first-order valence-electron chi connectivity index (χ1n) is 5.93. The lowest BCUT2D eigenvalue weighted by Crippen LogP contribution is -2.36. The smallest absolute Gasteiger partial charge is 0.177 e. The average Bonchev–Trinajstić information content (AvgIpc) is 2.75. The van der Waals surface area contributed by atoms with Crippen molar-refractivity contribution in [3.8, 4) is 11.8 Å². The predicted molar refractivity (Wildman–Crippen MR) is 72.0 cm³/mol. The molecular formula is C12H17N3O2S. The molecule has 98 valence electrons. The lowest BCUT2D eigenvalue weighted by atomic mass is 9.99. The number of rotatable bonds is 3. The third kappa shape index (κ3) is 2.24. The molecule has 1 aromatic rings. The van der Waals surface area contributed by atoms with Gasteiger partial charge in [0.25, 0.3) is 0 Å². The topological polar surface area (TPSA) is 82.5 Å². The van der Waals surface area contributed by atoms with Crippen LogP contribution in [0.2, 0.25) is 0 Å². The second-order valence-electron chi connectivity index (χ2n) is 4.43. The molecule has 2 heterocycles. The minimum Gasteiger partial charge on any atom is -0.492 e. The van der Waals surface area contributed by atoms with Gasteiger partial charge in [0, 0.05) is 19.7 Å². The molecule has 2 rings (SSSR count). The van der Waals surface area contributed by atoms with Crippen molar-refractivity contribution in [2.24, 2.45) is 5.92 Å². The van der Waals surface area contributed by atoms with E-state index >= 15 is 0 Å². The fraction of sp³-hybridized carbons (Fsp3) is 0.583. The number of aliphatic hydroxyl groups excluding tert-OH is 1. The van der Waals surface area contributed by atoms with E-state index in [9.17, 15) is 5.11 Å². The minimum absolute atomic E-state index is 0.199. The Bertz CT molecular complexity index is 467. The summed E-state index contributed by atoms with van der Waals surface area (Å²) in [7, 11) is 1.57. The van der Waals surface area contributed by atoms with E-state index in [0.717, 1.165) is 30.9 Å². The Kier molecular flexibility index (Phi) is 3.94. The summed E-state index contributed by atoms with van der Waals surface area (Å²) < 4.78 is 5.31. The molecule has 1 aliphatic rings. The maximum absolute atomic E-state index is 9.26. The number of hydrogen-bond donors (Lipinski definition) is 2. The minimum atomic E-state index is 0.199. The molecular weight excluding hydrogens is 250 g/mol. The number of methoxy groups -OCH3 is 1. The van der Waals surface area contributed by atoms with Crippen LogP contribution in [0.1, 0.15) is 17.7 Å². The standard InChI is InChI=1S/C12H17N3O2S/c1-17-11-10(14)9(5-13)18-12(11)15-4-2-3-8(6-15)7-16/h8,16H,2-4,6-7,14H2,1H3. The summed E-state index contributed by atoms with van der Waals surface area (Å²) in [6.07, 6.45) is 2.08. The third-order valence-corrected chi connectivity index (χ3v) is 4.40. The van der Waals surface area contributed by atoms with Gasteiger partial charge in [-0.2, -0.15) is 5.26 Å². The lowest BCUT2D eigenvalue weighted by molar-refractivity contribution is 0.208. The molecule has 1 aliphatic heterocycles. The average molecular weight is 267 g/mol. The largest absolute Gasteiger partial charge is 0.492 e. The van der Waals surface area contributed by atoms with Crippen molar-refractivity contribution in [3.05, 3.63) is 4.88 Å². The zero-order valence-corrected chi connectivity index (χ0v) is 11.2. The summed E-state index contributed by atoms with van der Waals surface area (Å²) in [6.45, 7) is 1.90. The zero-order valence-electron chi connectivity index (χ0n) is 10.3. The lowest BCUT2D eigenvalue weighted by Gasteiger charge is -2.32. The number of ether oxygens (including phenoxy) is 1. The quantitative estimate of drug-likeness (QED) is 0.865. The van der Waals surface area contributed by atoms with Crippen molar-refractivity contribution in [2.75, 3.05) is 37.4 Å². The SMILES string of the molecule is COc1c(N2CCCC(CO)C2)sc(C#N)c1N. The maximum Gasteiger partial charge on any atom is 0.177 e. The van der Waals surface area contributed by atoms with Crippen LogP contribution in [0.15, 0.2) is 0 Å². The van der Waals surface area contributed by atoms with E-state index < -0.39 is 0 Å². The van der Waals surface area contributed by atoms with Crippen LogP contribution < -0.4 is 15.4 Å².